The minimum Gasteiger partial charge on any atom is -0.307 e. The molecule has 0 spiro atoms. The van der Waals surface area contributed by atoms with E-state index in [1.807, 2.05) is 11.8 Å². The molecule has 5 heteroatoms. The van der Waals surface area contributed by atoms with Crippen LogP contribution in [0, 0.1) is 18.6 Å². The number of rotatable bonds is 3. The van der Waals surface area contributed by atoms with Gasteiger partial charge in [-0.05, 0) is 37.6 Å². The average molecular weight is 330 g/mol. The van der Waals surface area contributed by atoms with Crippen molar-refractivity contribution in [3.63, 3.8) is 0 Å². The van der Waals surface area contributed by atoms with Gasteiger partial charge in [0.1, 0.15) is 11.6 Å². The molecule has 1 atom stereocenters. The highest BCUT2D eigenvalue weighted by atomic mass is 19.1. The topological polar surface area (TPSA) is 23.6 Å². The molecule has 1 saturated heterocycles. The number of benzene rings is 2. The van der Waals surface area contributed by atoms with Crippen LogP contribution in [-0.4, -0.2) is 29.9 Å². The van der Waals surface area contributed by atoms with Crippen LogP contribution in [0.1, 0.15) is 18.1 Å². The first-order valence-electron chi connectivity index (χ1n) is 8.02. The summed E-state index contributed by atoms with van der Waals surface area (Å²) >= 11 is 0. The molecular formula is C19H20F2N2O. The van der Waals surface area contributed by atoms with E-state index >= 15 is 0 Å². The summed E-state index contributed by atoms with van der Waals surface area (Å²) in [5.74, 6) is -0.838. The van der Waals surface area contributed by atoms with Crippen molar-refractivity contribution < 1.29 is 13.6 Å². The Morgan fingerprint density at radius 2 is 1.83 bits per heavy atom. The van der Waals surface area contributed by atoms with Gasteiger partial charge in [0, 0.05) is 25.2 Å². The number of hydrogen-bond acceptors (Lipinski definition) is 2. The zero-order chi connectivity index (χ0) is 17.3. The zero-order valence-electron chi connectivity index (χ0n) is 13.8. The molecule has 0 bridgehead atoms. The SMILES string of the molecule is Cc1ccc(F)c(N2CCN(Cc3ccccc3F)[C@@H](C)C2=O)c1. The molecule has 0 N–H and O–H groups in total. The number of hydrogen-bond donors (Lipinski definition) is 0. The van der Waals surface area contributed by atoms with Crippen molar-refractivity contribution in [3.05, 3.63) is 65.2 Å². The average Bonchev–Trinajstić information content (AvgIpc) is 2.56. The van der Waals surface area contributed by atoms with Crippen LogP contribution in [0.3, 0.4) is 0 Å². The minimum atomic E-state index is -0.432. The molecule has 0 aromatic heterocycles. The molecule has 2 aromatic rings. The normalized spacial score (nSPS) is 18.9. The molecule has 126 valence electrons. The van der Waals surface area contributed by atoms with Crippen LogP contribution in [-0.2, 0) is 11.3 Å². The summed E-state index contributed by atoms with van der Waals surface area (Å²) in [5.41, 5.74) is 1.78. The van der Waals surface area contributed by atoms with E-state index in [1.165, 1.54) is 17.0 Å². The lowest BCUT2D eigenvalue weighted by Gasteiger charge is -2.39. The van der Waals surface area contributed by atoms with Crippen molar-refractivity contribution in [2.24, 2.45) is 0 Å². The number of carbonyl (C=O) groups is 1. The van der Waals surface area contributed by atoms with Crippen LogP contribution in [0.5, 0.6) is 0 Å². The molecule has 1 heterocycles. The molecule has 0 radical (unpaired) electrons. The third kappa shape index (κ3) is 3.17. The van der Waals surface area contributed by atoms with Crippen LogP contribution in [0.2, 0.25) is 0 Å². The number of nitrogens with zero attached hydrogens (tertiary/aromatic N) is 2. The van der Waals surface area contributed by atoms with E-state index < -0.39 is 11.9 Å². The molecule has 1 aliphatic rings. The first kappa shape index (κ1) is 16.6. The van der Waals surface area contributed by atoms with Gasteiger partial charge in [-0.1, -0.05) is 24.3 Å². The number of halogens is 2. The summed E-state index contributed by atoms with van der Waals surface area (Å²) in [5, 5.41) is 0. The number of aryl methyl sites for hydroxylation is 1. The maximum Gasteiger partial charge on any atom is 0.244 e. The van der Waals surface area contributed by atoms with Gasteiger partial charge < -0.3 is 4.90 Å². The van der Waals surface area contributed by atoms with E-state index in [1.54, 1.807) is 37.3 Å². The fourth-order valence-corrected chi connectivity index (χ4v) is 3.04. The molecule has 1 aliphatic heterocycles. The second kappa shape index (κ2) is 6.69. The van der Waals surface area contributed by atoms with Crippen molar-refractivity contribution in [2.75, 3.05) is 18.0 Å². The molecule has 1 fully saturated rings. The van der Waals surface area contributed by atoms with E-state index in [-0.39, 0.29) is 11.7 Å². The number of anilines is 1. The third-order valence-electron chi connectivity index (χ3n) is 4.51. The second-order valence-corrected chi connectivity index (χ2v) is 6.18. The van der Waals surface area contributed by atoms with Crippen molar-refractivity contribution in [1.29, 1.82) is 0 Å². The standard InChI is InChI=1S/C19H20F2N2O/c1-13-7-8-17(21)18(11-13)23-10-9-22(14(2)19(23)24)12-15-5-3-4-6-16(15)20/h3-8,11,14H,9-10,12H2,1-2H3/t14-/m0/s1. The van der Waals surface area contributed by atoms with Crippen molar-refractivity contribution in [3.8, 4) is 0 Å². The Balaban J connectivity index is 1.79. The lowest BCUT2D eigenvalue weighted by atomic mass is 10.1. The smallest absolute Gasteiger partial charge is 0.244 e. The fraction of sp³-hybridized carbons (Fsp3) is 0.316. The molecule has 1 amide bonds. The highest BCUT2D eigenvalue weighted by molar-refractivity contribution is 5.97. The largest absolute Gasteiger partial charge is 0.307 e. The van der Waals surface area contributed by atoms with Crippen LogP contribution in [0.4, 0.5) is 14.5 Å². The number of piperazine rings is 1. The Hall–Kier alpha value is -2.27. The van der Waals surface area contributed by atoms with Crippen molar-refractivity contribution >= 4 is 11.6 Å². The number of amides is 1. The molecule has 24 heavy (non-hydrogen) atoms. The van der Waals surface area contributed by atoms with Gasteiger partial charge in [-0.2, -0.15) is 0 Å². The van der Waals surface area contributed by atoms with Gasteiger partial charge in [0.2, 0.25) is 5.91 Å². The van der Waals surface area contributed by atoms with Gasteiger partial charge in [-0.3, -0.25) is 9.69 Å². The molecule has 0 aliphatic carbocycles. The monoisotopic (exact) mass is 330 g/mol. The van der Waals surface area contributed by atoms with Gasteiger partial charge in [-0.15, -0.1) is 0 Å². The molecule has 2 aromatic carbocycles. The van der Waals surface area contributed by atoms with E-state index in [0.717, 1.165) is 5.56 Å². The molecule has 3 nitrogen and oxygen atoms in total. The van der Waals surface area contributed by atoms with Crippen molar-refractivity contribution in [1.82, 2.24) is 4.90 Å². The third-order valence-corrected chi connectivity index (χ3v) is 4.51. The van der Waals surface area contributed by atoms with Gasteiger partial charge >= 0.3 is 0 Å². The van der Waals surface area contributed by atoms with Gasteiger partial charge in [-0.25, -0.2) is 8.78 Å². The predicted octanol–water partition coefficient (Wildman–Crippen LogP) is 3.51. The quantitative estimate of drug-likeness (QED) is 0.860. The van der Waals surface area contributed by atoms with Crippen LogP contribution < -0.4 is 4.90 Å². The zero-order valence-corrected chi connectivity index (χ0v) is 13.8. The second-order valence-electron chi connectivity index (χ2n) is 6.18. The van der Waals surface area contributed by atoms with Crippen LogP contribution in [0.15, 0.2) is 42.5 Å². The molecule has 3 rings (SSSR count). The Morgan fingerprint density at radius 3 is 2.58 bits per heavy atom. The maximum atomic E-state index is 14.1. The van der Waals surface area contributed by atoms with Gasteiger partial charge in [0.05, 0.1) is 11.7 Å². The lowest BCUT2D eigenvalue weighted by Crippen LogP contribution is -2.55. The molecule has 0 saturated carbocycles. The van der Waals surface area contributed by atoms with Gasteiger partial charge in [0.15, 0.2) is 0 Å². The Kier molecular flexibility index (Phi) is 4.62. The summed E-state index contributed by atoms with van der Waals surface area (Å²) in [6, 6.07) is 10.9. The van der Waals surface area contributed by atoms with E-state index in [9.17, 15) is 13.6 Å². The van der Waals surface area contributed by atoms with Crippen molar-refractivity contribution in [2.45, 2.75) is 26.4 Å². The highest BCUT2D eigenvalue weighted by Crippen LogP contribution is 2.25. The lowest BCUT2D eigenvalue weighted by molar-refractivity contribution is -0.125. The van der Waals surface area contributed by atoms with E-state index in [2.05, 4.69) is 0 Å². The van der Waals surface area contributed by atoms with Gasteiger partial charge in [0.25, 0.3) is 0 Å². The summed E-state index contributed by atoms with van der Waals surface area (Å²) in [6.07, 6.45) is 0. The van der Waals surface area contributed by atoms with Crippen LogP contribution in [0.25, 0.3) is 0 Å². The Labute approximate surface area is 140 Å². The maximum absolute atomic E-state index is 14.1. The van der Waals surface area contributed by atoms with E-state index in [0.29, 0.717) is 30.9 Å². The predicted molar refractivity (Wildman–Crippen MR) is 89.8 cm³/mol. The summed E-state index contributed by atoms with van der Waals surface area (Å²) < 4.78 is 27.9. The number of carbonyl (C=O) groups excluding carboxylic acids is 1. The highest BCUT2D eigenvalue weighted by Gasteiger charge is 2.33. The van der Waals surface area contributed by atoms with E-state index in [4.69, 9.17) is 0 Å². The summed E-state index contributed by atoms with van der Waals surface area (Å²) in [7, 11) is 0. The summed E-state index contributed by atoms with van der Waals surface area (Å²) in [4.78, 5) is 16.1. The molecular weight excluding hydrogens is 310 g/mol. The summed E-state index contributed by atoms with van der Waals surface area (Å²) in [6.45, 7) is 4.96. The first-order valence-corrected chi connectivity index (χ1v) is 8.02. The Bertz CT molecular complexity index is 763. The molecule has 0 unspecified atom stereocenters. The minimum absolute atomic E-state index is 0.165. The van der Waals surface area contributed by atoms with Crippen LogP contribution >= 0.6 is 0 Å². The fourth-order valence-electron chi connectivity index (χ4n) is 3.04. The first-order chi connectivity index (χ1) is 11.5. The Morgan fingerprint density at radius 1 is 1.08 bits per heavy atom.